The zero-order valence-corrected chi connectivity index (χ0v) is 18.7. The summed E-state index contributed by atoms with van der Waals surface area (Å²) in [4.78, 5) is 28.0. The van der Waals surface area contributed by atoms with E-state index in [1.807, 2.05) is 11.1 Å². The standard InChI is InChI=1S/C19H19N6O9P/c20-9-11-2-1-3-12(8-11)13-5-7-31-35(30,34-13)32-10-19(23-24-21)16(28)15(27)17(33-19)25-6-4-14(26)22-18(25)29/h1-4,6,8,13,15-17,27-28H,5,7,10H2,(H,22,26,29)/t13-,15+,16-,17+,19+,35?/m0/s1. The molecule has 15 nitrogen and oxygen atoms in total. The Hall–Kier alpha value is -3.31. The number of nitrogens with one attached hydrogen (secondary N) is 1. The topological polar surface area (TPSA) is 222 Å². The van der Waals surface area contributed by atoms with Crippen molar-refractivity contribution in [1.82, 2.24) is 9.55 Å². The van der Waals surface area contributed by atoms with Crippen molar-refractivity contribution in [1.29, 1.82) is 5.26 Å². The minimum atomic E-state index is -4.29. The first-order valence-corrected chi connectivity index (χ1v) is 11.7. The molecule has 0 saturated carbocycles. The Bertz CT molecular complexity index is 1370. The largest absolute Gasteiger partial charge is 0.475 e. The van der Waals surface area contributed by atoms with E-state index in [0.717, 1.165) is 16.8 Å². The van der Waals surface area contributed by atoms with Crippen molar-refractivity contribution >= 4 is 7.82 Å². The van der Waals surface area contributed by atoms with Crippen LogP contribution in [0.25, 0.3) is 10.4 Å². The summed E-state index contributed by atoms with van der Waals surface area (Å²) >= 11 is 0. The molecular weight excluding hydrogens is 487 g/mol. The molecule has 2 aliphatic rings. The van der Waals surface area contributed by atoms with Crippen LogP contribution in [0.1, 0.15) is 29.9 Å². The van der Waals surface area contributed by atoms with Crippen molar-refractivity contribution in [2.45, 2.75) is 36.7 Å². The zero-order valence-electron chi connectivity index (χ0n) is 17.8. The van der Waals surface area contributed by atoms with Crippen LogP contribution in [0.4, 0.5) is 0 Å². The molecule has 0 radical (unpaired) electrons. The van der Waals surface area contributed by atoms with E-state index in [9.17, 15) is 24.4 Å². The van der Waals surface area contributed by atoms with E-state index in [1.54, 1.807) is 24.3 Å². The number of benzene rings is 1. The quantitative estimate of drug-likeness (QED) is 0.218. The molecule has 184 valence electrons. The van der Waals surface area contributed by atoms with E-state index >= 15 is 0 Å². The predicted molar refractivity (Wildman–Crippen MR) is 114 cm³/mol. The molecule has 3 heterocycles. The maximum Gasteiger partial charge on any atom is 0.475 e. The predicted octanol–water partition coefficient (Wildman–Crippen LogP) is 0.968. The molecule has 1 aromatic carbocycles. The molecule has 0 spiro atoms. The van der Waals surface area contributed by atoms with E-state index in [0.29, 0.717) is 17.5 Å². The number of hydrogen-bond acceptors (Lipinski definition) is 11. The van der Waals surface area contributed by atoms with Crippen molar-refractivity contribution in [3.63, 3.8) is 0 Å². The average Bonchev–Trinajstić information content (AvgIpc) is 3.09. The van der Waals surface area contributed by atoms with Gasteiger partial charge >= 0.3 is 13.5 Å². The molecule has 16 heteroatoms. The van der Waals surface area contributed by atoms with Crippen LogP contribution in [-0.2, 0) is 22.9 Å². The first-order chi connectivity index (χ1) is 16.7. The Morgan fingerprint density at radius 2 is 2.20 bits per heavy atom. The summed E-state index contributed by atoms with van der Waals surface area (Å²) in [6.07, 6.45) is -4.74. The maximum atomic E-state index is 13.1. The molecule has 2 aliphatic heterocycles. The lowest BCUT2D eigenvalue weighted by molar-refractivity contribution is -0.127. The molecule has 35 heavy (non-hydrogen) atoms. The number of hydrogen-bond donors (Lipinski definition) is 3. The summed E-state index contributed by atoms with van der Waals surface area (Å²) < 4.78 is 35.5. The molecule has 0 amide bonds. The minimum absolute atomic E-state index is 0.0331. The number of H-pyrrole nitrogens is 1. The highest BCUT2D eigenvalue weighted by Gasteiger charge is 2.56. The SMILES string of the molecule is N#Cc1cccc([C@@H]2CCOP(=O)(OC[C@@]3(N=[N+]=[N-])O[C@@H](n4ccc(=O)[nH]c4=O)[C@H](O)[C@@H]3O)O2)c1. The van der Waals surface area contributed by atoms with Crippen molar-refractivity contribution in [3.8, 4) is 6.07 Å². The number of phosphoric ester groups is 1. The molecule has 2 fully saturated rings. The van der Waals surface area contributed by atoms with E-state index < -0.39 is 55.9 Å². The first-order valence-electron chi connectivity index (χ1n) is 10.2. The molecule has 3 N–H and O–H groups in total. The molecule has 2 saturated heterocycles. The van der Waals surface area contributed by atoms with Crippen molar-refractivity contribution in [2.24, 2.45) is 5.11 Å². The minimum Gasteiger partial charge on any atom is -0.387 e. The Kier molecular flexibility index (Phi) is 6.91. The maximum absolute atomic E-state index is 13.1. The number of ether oxygens (including phenoxy) is 1. The van der Waals surface area contributed by atoms with Gasteiger partial charge in [0.15, 0.2) is 6.23 Å². The summed E-state index contributed by atoms with van der Waals surface area (Å²) in [6.45, 7) is -0.916. The fourth-order valence-electron chi connectivity index (χ4n) is 3.71. The molecule has 1 aromatic heterocycles. The Balaban J connectivity index is 1.55. The second kappa shape index (κ2) is 9.74. The van der Waals surface area contributed by atoms with E-state index in [2.05, 4.69) is 10.0 Å². The van der Waals surface area contributed by atoms with Gasteiger partial charge in [0.1, 0.15) is 12.2 Å². The molecular formula is C19H19N6O9P. The van der Waals surface area contributed by atoms with Gasteiger partial charge in [-0.2, -0.15) is 5.26 Å². The van der Waals surface area contributed by atoms with Crippen LogP contribution in [0.5, 0.6) is 0 Å². The number of aromatic nitrogens is 2. The second-order valence-electron chi connectivity index (χ2n) is 7.67. The molecule has 0 aliphatic carbocycles. The van der Waals surface area contributed by atoms with Crippen molar-refractivity contribution in [3.05, 3.63) is 78.9 Å². The number of aromatic amines is 1. The van der Waals surface area contributed by atoms with Gasteiger partial charge < -0.3 is 14.9 Å². The molecule has 6 atom stereocenters. The highest BCUT2D eigenvalue weighted by Crippen LogP contribution is 2.58. The molecule has 4 rings (SSSR count). The van der Waals surface area contributed by atoms with Crippen LogP contribution in [0, 0.1) is 11.3 Å². The van der Waals surface area contributed by atoms with Crippen molar-refractivity contribution in [2.75, 3.05) is 13.2 Å². The summed E-state index contributed by atoms with van der Waals surface area (Å²) in [7, 11) is -4.29. The lowest BCUT2D eigenvalue weighted by Crippen LogP contribution is -2.45. The monoisotopic (exact) mass is 506 g/mol. The van der Waals surface area contributed by atoms with Gasteiger partial charge in [0.25, 0.3) is 5.56 Å². The van der Waals surface area contributed by atoms with E-state index in [-0.39, 0.29) is 6.61 Å². The Morgan fingerprint density at radius 3 is 2.91 bits per heavy atom. The Labute approximate surface area is 196 Å². The number of nitrogens with zero attached hydrogens (tertiary/aromatic N) is 5. The average molecular weight is 506 g/mol. The summed E-state index contributed by atoms with van der Waals surface area (Å²) in [5.74, 6) is 0. The van der Waals surface area contributed by atoms with Gasteiger partial charge in [-0.05, 0) is 23.2 Å². The fraction of sp³-hybridized carbons (Fsp3) is 0.421. The van der Waals surface area contributed by atoms with Crippen LogP contribution in [0.15, 0.2) is 51.2 Å². The van der Waals surface area contributed by atoms with Gasteiger partial charge in [-0.3, -0.25) is 27.9 Å². The van der Waals surface area contributed by atoms with Gasteiger partial charge in [-0.1, -0.05) is 17.2 Å². The third-order valence-electron chi connectivity index (χ3n) is 5.44. The number of azide groups is 1. The molecule has 0 bridgehead atoms. The number of aliphatic hydroxyl groups excluding tert-OH is 2. The first kappa shape index (κ1) is 24.8. The lowest BCUT2D eigenvalue weighted by Gasteiger charge is -2.32. The van der Waals surface area contributed by atoms with E-state index in [4.69, 9.17) is 29.1 Å². The van der Waals surface area contributed by atoms with Crippen LogP contribution in [0.3, 0.4) is 0 Å². The number of rotatable bonds is 6. The third kappa shape index (κ3) is 4.92. The molecule has 2 aromatic rings. The second-order valence-corrected chi connectivity index (χ2v) is 9.29. The Morgan fingerprint density at radius 1 is 1.40 bits per heavy atom. The normalized spacial score (nSPS) is 32.5. The van der Waals surface area contributed by atoms with Gasteiger partial charge in [-0.25, -0.2) is 9.36 Å². The van der Waals surface area contributed by atoms with E-state index in [1.165, 1.54) is 0 Å². The van der Waals surface area contributed by atoms with Crippen LogP contribution >= 0.6 is 7.82 Å². The highest BCUT2D eigenvalue weighted by atomic mass is 31.2. The number of nitriles is 1. The van der Waals surface area contributed by atoms with Crippen LogP contribution in [-0.4, -0.2) is 50.9 Å². The number of phosphoric acid groups is 1. The highest BCUT2D eigenvalue weighted by molar-refractivity contribution is 7.48. The smallest absolute Gasteiger partial charge is 0.387 e. The molecule has 1 unspecified atom stereocenters. The number of aliphatic hydroxyl groups is 2. The summed E-state index contributed by atoms with van der Waals surface area (Å²) in [5.41, 5.74) is 5.98. The van der Waals surface area contributed by atoms with Gasteiger partial charge in [0.05, 0.1) is 31.0 Å². The fourth-order valence-corrected chi connectivity index (χ4v) is 5.12. The van der Waals surface area contributed by atoms with Gasteiger partial charge in [-0.15, -0.1) is 0 Å². The third-order valence-corrected chi connectivity index (χ3v) is 6.90. The summed E-state index contributed by atoms with van der Waals surface area (Å²) in [6, 6.07) is 9.45. The van der Waals surface area contributed by atoms with Crippen molar-refractivity contribution < 1.29 is 33.1 Å². The van der Waals surface area contributed by atoms with Crippen LogP contribution < -0.4 is 11.2 Å². The van der Waals surface area contributed by atoms with Gasteiger partial charge in [0.2, 0.25) is 5.72 Å². The van der Waals surface area contributed by atoms with Crippen LogP contribution in [0.2, 0.25) is 0 Å². The summed E-state index contributed by atoms with van der Waals surface area (Å²) in [5, 5.41) is 33.6. The lowest BCUT2D eigenvalue weighted by atomic mass is 10.0. The van der Waals surface area contributed by atoms with Gasteiger partial charge in [0, 0.05) is 23.6 Å². The zero-order chi connectivity index (χ0) is 25.2.